The molecule has 2 rings (SSSR count). The molecule has 1 saturated heterocycles. The number of sulfonamides is 1. The van der Waals surface area contributed by atoms with Gasteiger partial charge in [0.25, 0.3) is 5.69 Å². The first-order valence-corrected chi connectivity index (χ1v) is 9.80. The number of hydrogen-bond donors (Lipinski definition) is 1. The maximum Gasteiger partial charge on any atom is 0.289 e. The van der Waals surface area contributed by atoms with E-state index in [2.05, 4.69) is 9.62 Å². The highest BCUT2D eigenvalue weighted by atomic mass is 32.2. The first-order chi connectivity index (χ1) is 11.7. The molecule has 1 heterocycles. The molecule has 0 amide bonds. The second-order valence-electron chi connectivity index (χ2n) is 6.45. The minimum atomic E-state index is -3.93. The molecule has 1 aromatic carbocycles. The summed E-state index contributed by atoms with van der Waals surface area (Å²) in [7, 11) is -3.93. The molecule has 1 aliphatic heterocycles. The van der Waals surface area contributed by atoms with Gasteiger partial charge in [-0.25, -0.2) is 13.1 Å². The Bertz CT molecular complexity index is 712. The van der Waals surface area contributed by atoms with Crippen LogP contribution in [0.4, 0.5) is 5.69 Å². The molecule has 0 spiro atoms. The lowest BCUT2D eigenvalue weighted by Gasteiger charge is -2.35. The predicted octanol–water partition coefficient (Wildman–Crippen LogP) is 1.68. The molecule has 0 aromatic heterocycles. The number of nitrogens with zero attached hydrogens (tertiary/aromatic N) is 2. The topological polar surface area (TPSA) is 102 Å². The molecule has 9 heteroatoms. The smallest absolute Gasteiger partial charge is 0.289 e. The molecule has 0 saturated carbocycles. The lowest BCUT2D eigenvalue weighted by Crippen LogP contribution is -2.46. The summed E-state index contributed by atoms with van der Waals surface area (Å²) >= 11 is 0. The number of hydrogen-bond acceptors (Lipinski definition) is 6. The maximum absolute atomic E-state index is 12.5. The molecule has 1 N–H and O–H groups in total. The fourth-order valence-electron chi connectivity index (χ4n) is 3.18. The average Bonchev–Trinajstić information content (AvgIpc) is 2.50. The Morgan fingerprint density at radius 1 is 1.32 bits per heavy atom. The molecule has 1 fully saturated rings. The van der Waals surface area contributed by atoms with Crippen molar-refractivity contribution < 1.29 is 18.1 Å². The number of aryl methyl sites for hydroxylation is 1. The molecule has 1 aromatic rings. The van der Waals surface area contributed by atoms with E-state index in [0.717, 1.165) is 19.6 Å². The van der Waals surface area contributed by atoms with Gasteiger partial charge in [0.05, 0.1) is 17.1 Å². The Kier molecular flexibility index (Phi) is 6.50. The van der Waals surface area contributed by atoms with E-state index >= 15 is 0 Å². The zero-order valence-electron chi connectivity index (χ0n) is 14.8. The van der Waals surface area contributed by atoms with Gasteiger partial charge in [0, 0.05) is 25.7 Å². The van der Waals surface area contributed by atoms with E-state index in [1.807, 2.05) is 13.8 Å². The van der Waals surface area contributed by atoms with E-state index in [0.29, 0.717) is 12.0 Å². The molecule has 0 bridgehead atoms. The number of nitrogens with one attached hydrogen (secondary N) is 1. The van der Waals surface area contributed by atoms with Crippen LogP contribution in [0, 0.1) is 17.0 Å². The van der Waals surface area contributed by atoms with Gasteiger partial charge >= 0.3 is 0 Å². The lowest BCUT2D eigenvalue weighted by atomic mass is 10.2. The van der Waals surface area contributed by atoms with Crippen LogP contribution in [0.2, 0.25) is 0 Å². The highest BCUT2D eigenvalue weighted by molar-refractivity contribution is 7.89. The van der Waals surface area contributed by atoms with Gasteiger partial charge in [-0.15, -0.1) is 0 Å². The summed E-state index contributed by atoms with van der Waals surface area (Å²) < 4.78 is 33.1. The highest BCUT2D eigenvalue weighted by Gasteiger charge is 2.27. The lowest BCUT2D eigenvalue weighted by molar-refractivity contribution is -0.387. The third-order valence-corrected chi connectivity index (χ3v) is 5.75. The molecule has 0 aliphatic carbocycles. The summed E-state index contributed by atoms with van der Waals surface area (Å²) in [6.45, 7) is 8.20. The van der Waals surface area contributed by atoms with Crippen molar-refractivity contribution in [3.05, 3.63) is 33.9 Å². The van der Waals surface area contributed by atoms with Crippen molar-refractivity contribution in [1.82, 2.24) is 9.62 Å². The molecule has 140 valence electrons. The van der Waals surface area contributed by atoms with Crippen LogP contribution in [0.1, 0.15) is 25.8 Å². The van der Waals surface area contributed by atoms with E-state index in [-0.39, 0.29) is 23.6 Å². The number of nitro benzene ring substituents is 1. The standard InChI is InChI=1S/C16H25N3O5S/c1-12-6-4-7-15(19(20)21)16(12)25(22,23)17-8-5-9-18-10-13(2)24-14(3)11-18/h4,6-7,13-14,17H,5,8-11H2,1-3H3/t13-,14+. The van der Waals surface area contributed by atoms with Crippen LogP contribution in [0.15, 0.2) is 23.1 Å². The van der Waals surface area contributed by atoms with Crippen LogP contribution in [-0.4, -0.2) is 56.6 Å². The Balaban J connectivity index is 1.96. The Morgan fingerprint density at radius 3 is 2.56 bits per heavy atom. The maximum atomic E-state index is 12.5. The van der Waals surface area contributed by atoms with Gasteiger partial charge in [-0.3, -0.25) is 15.0 Å². The van der Waals surface area contributed by atoms with Crippen molar-refractivity contribution >= 4 is 15.7 Å². The van der Waals surface area contributed by atoms with E-state index in [9.17, 15) is 18.5 Å². The van der Waals surface area contributed by atoms with E-state index in [1.54, 1.807) is 13.0 Å². The summed E-state index contributed by atoms with van der Waals surface area (Å²) in [4.78, 5) is 12.4. The van der Waals surface area contributed by atoms with Crippen molar-refractivity contribution in [2.75, 3.05) is 26.2 Å². The molecular weight excluding hydrogens is 346 g/mol. The zero-order chi connectivity index (χ0) is 18.6. The normalized spacial score (nSPS) is 22.0. The fourth-order valence-corrected chi connectivity index (χ4v) is 4.65. The van der Waals surface area contributed by atoms with Gasteiger partial charge in [-0.1, -0.05) is 12.1 Å². The number of rotatable bonds is 7. The van der Waals surface area contributed by atoms with Crippen molar-refractivity contribution in [1.29, 1.82) is 0 Å². The molecule has 0 unspecified atom stereocenters. The summed E-state index contributed by atoms with van der Waals surface area (Å²) in [5, 5.41) is 11.1. The Morgan fingerprint density at radius 2 is 1.96 bits per heavy atom. The Hall–Kier alpha value is -1.55. The second-order valence-corrected chi connectivity index (χ2v) is 8.15. The first-order valence-electron chi connectivity index (χ1n) is 8.32. The van der Waals surface area contributed by atoms with E-state index in [1.165, 1.54) is 12.1 Å². The second kappa shape index (κ2) is 8.22. The minimum absolute atomic E-state index is 0.162. The SMILES string of the molecule is Cc1cccc([N+](=O)[O-])c1S(=O)(=O)NCCCN1C[C@@H](C)O[C@@H](C)C1. The van der Waals surface area contributed by atoms with Gasteiger partial charge < -0.3 is 4.74 Å². The van der Waals surface area contributed by atoms with E-state index < -0.39 is 20.6 Å². The van der Waals surface area contributed by atoms with Crippen molar-refractivity contribution in [2.45, 2.75) is 44.3 Å². The Labute approximate surface area is 148 Å². The third-order valence-electron chi connectivity index (χ3n) is 4.09. The molecule has 1 aliphatic rings. The number of morpholine rings is 1. The monoisotopic (exact) mass is 371 g/mol. The van der Waals surface area contributed by atoms with Crippen molar-refractivity contribution in [2.24, 2.45) is 0 Å². The quantitative estimate of drug-likeness (QED) is 0.444. The number of nitro groups is 1. The third kappa shape index (κ3) is 5.21. The first kappa shape index (κ1) is 19.8. The van der Waals surface area contributed by atoms with Crippen LogP contribution in [0.3, 0.4) is 0 Å². The number of benzene rings is 1. The molecule has 2 atom stereocenters. The van der Waals surface area contributed by atoms with Gasteiger partial charge in [0.15, 0.2) is 4.90 Å². The van der Waals surface area contributed by atoms with E-state index in [4.69, 9.17) is 4.74 Å². The average molecular weight is 371 g/mol. The van der Waals surface area contributed by atoms with Gasteiger partial charge in [0.1, 0.15) is 0 Å². The summed E-state index contributed by atoms with van der Waals surface area (Å²) in [5.74, 6) is 0. The van der Waals surface area contributed by atoms with Gasteiger partial charge in [0.2, 0.25) is 10.0 Å². The van der Waals surface area contributed by atoms with Gasteiger partial charge in [-0.2, -0.15) is 0 Å². The number of ether oxygens (including phenoxy) is 1. The fraction of sp³-hybridized carbons (Fsp3) is 0.625. The minimum Gasteiger partial charge on any atom is -0.373 e. The summed E-state index contributed by atoms with van der Waals surface area (Å²) in [6.07, 6.45) is 0.948. The van der Waals surface area contributed by atoms with Crippen LogP contribution < -0.4 is 4.72 Å². The van der Waals surface area contributed by atoms with Crippen LogP contribution in [0.25, 0.3) is 0 Å². The highest BCUT2D eigenvalue weighted by Crippen LogP contribution is 2.26. The van der Waals surface area contributed by atoms with Crippen LogP contribution in [-0.2, 0) is 14.8 Å². The molecular formula is C16H25N3O5S. The predicted molar refractivity (Wildman–Crippen MR) is 94.1 cm³/mol. The molecule has 0 radical (unpaired) electrons. The summed E-state index contributed by atoms with van der Waals surface area (Å²) in [5.41, 5.74) is -0.0409. The van der Waals surface area contributed by atoms with Gasteiger partial charge in [-0.05, 0) is 39.3 Å². The van der Waals surface area contributed by atoms with Crippen LogP contribution in [0.5, 0.6) is 0 Å². The van der Waals surface area contributed by atoms with Crippen molar-refractivity contribution in [3.8, 4) is 0 Å². The summed E-state index contributed by atoms with van der Waals surface area (Å²) in [6, 6.07) is 4.24. The molecule has 8 nitrogen and oxygen atoms in total. The van der Waals surface area contributed by atoms with Crippen molar-refractivity contribution in [3.63, 3.8) is 0 Å². The van der Waals surface area contributed by atoms with Crippen LogP contribution >= 0.6 is 0 Å². The molecule has 25 heavy (non-hydrogen) atoms. The largest absolute Gasteiger partial charge is 0.373 e. The zero-order valence-corrected chi connectivity index (χ0v) is 15.6.